The molecule has 2 aliphatic heterocycles. The van der Waals surface area contributed by atoms with Crippen LogP contribution in [0.1, 0.15) is 32.6 Å². The van der Waals surface area contributed by atoms with Gasteiger partial charge < -0.3 is 5.11 Å². The molecule has 2 rings (SSSR count). The van der Waals surface area contributed by atoms with E-state index < -0.39 is 0 Å². The third-order valence-corrected chi connectivity index (χ3v) is 4.38. The van der Waals surface area contributed by atoms with Crippen molar-refractivity contribution in [1.29, 1.82) is 0 Å². The third-order valence-electron chi connectivity index (χ3n) is 4.38. The van der Waals surface area contributed by atoms with Crippen molar-refractivity contribution >= 4 is 23.6 Å². The quantitative estimate of drug-likeness (QED) is 0.504. The Morgan fingerprint density at radius 3 is 2.00 bits per heavy atom. The van der Waals surface area contributed by atoms with Crippen LogP contribution in [0.15, 0.2) is 36.1 Å². The molecular weight excluding hydrogens is 324 g/mol. The van der Waals surface area contributed by atoms with Crippen LogP contribution in [0.5, 0.6) is 0 Å². The SMILES string of the molecule is CC=C(O)CCCC(CCN1C(=O)C=CC1=O)CN1C(=O)C=CC1=O. The van der Waals surface area contributed by atoms with Crippen molar-refractivity contribution in [3.63, 3.8) is 0 Å². The Hall–Kier alpha value is -2.70. The van der Waals surface area contributed by atoms with Crippen LogP contribution in [-0.2, 0) is 19.2 Å². The summed E-state index contributed by atoms with van der Waals surface area (Å²) < 4.78 is 0. The normalized spacial score (nSPS) is 18.8. The second-order valence-electron chi connectivity index (χ2n) is 6.11. The molecule has 134 valence electrons. The third kappa shape index (κ3) is 4.89. The van der Waals surface area contributed by atoms with E-state index in [1.165, 1.54) is 29.2 Å². The maximum absolute atomic E-state index is 11.8. The first kappa shape index (κ1) is 18.6. The van der Waals surface area contributed by atoms with Gasteiger partial charge in [-0.2, -0.15) is 0 Å². The lowest BCUT2D eigenvalue weighted by atomic mass is 9.96. The molecule has 2 aliphatic rings. The molecule has 1 unspecified atom stereocenters. The van der Waals surface area contributed by atoms with Crippen molar-refractivity contribution in [2.75, 3.05) is 13.1 Å². The highest BCUT2D eigenvalue weighted by Crippen LogP contribution is 2.20. The van der Waals surface area contributed by atoms with Gasteiger partial charge in [-0.3, -0.25) is 29.0 Å². The summed E-state index contributed by atoms with van der Waals surface area (Å²) in [5.74, 6) is -1.14. The van der Waals surface area contributed by atoms with Gasteiger partial charge in [-0.25, -0.2) is 0 Å². The van der Waals surface area contributed by atoms with Crippen molar-refractivity contribution in [1.82, 2.24) is 9.80 Å². The van der Waals surface area contributed by atoms with E-state index >= 15 is 0 Å². The van der Waals surface area contributed by atoms with E-state index in [0.717, 1.165) is 4.90 Å². The van der Waals surface area contributed by atoms with Crippen LogP contribution in [0, 0.1) is 5.92 Å². The van der Waals surface area contributed by atoms with Crippen molar-refractivity contribution in [2.24, 2.45) is 5.92 Å². The van der Waals surface area contributed by atoms with Crippen molar-refractivity contribution in [3.05, 3.63) is 36.1 Å². The number of carbonyl (C=O) groups is 4. The first-order valence-electron chi connectivity index (χ1n) is 8.33. The number of aliphatic hydroxyl groups excluding tert-OH is 1. The number of amides is 4. The zero-order valence-corrected chi connectivity index (χ0v) is 14.2. The number of aliphatic hydroxyl groups is 1. The molecule has 0 spiro atoms. The van der Waals surface area contributed by atoms with Crippen LogP contribution in [0.25, 0.3) is 0 Å². The Balaban J connectivity index is 1.93. The molecule has 0 aromatic heterocycles. The van der Waals surface area contributed by atoms with E-state index in [1.54, 1.807) is 13.0 Å². The number of carbonyl (C=O) groups excluding carboxylic acids is 4. The molecule has 0 bridgehead atoms. The molecule has 0 fully saturated rings. The van der Waals surface area contributed by atoms with Crippen LogP contribution in [0.4, 0.5) is 0 Å². The minimum atomic E-state index is -0.346. The minimum Gasteiger partial charge on any atom is -0.513 e. The summed E-state index contributed by atoms with van der Waals surface area (Å²) in [7, 11) is 0. The van der Waals surface area contributed by atoms with Gasteiger partial charge in [-0.1, -0.05) is 0 Å². The Morgan fingerprint density at radius 2 is 1.48 bits per heavy atom. The highest BCUT2D eigenvalue weighted by atomic mass is 16.3. The van der Waals surface area contributed by atoms with Gasteiger partial charge in [-0.15, -0.1) is 0 Å². The van der Waals surface area contributed by atoms with E-state index in [2.05, 4.69) is 0 Å². The standard InChI is InChI=1S/C18H22N2O5/c1-2-14(21)5-3-4-13(12-20-17(24)8-9-18(20)25)10-11-19-15(22)6-7-16(19)23/h2,6-9,13,21H,3-5,10-12H2,1H3. The maximum Gasteiger partial charge on any atom is 0.253 e. The van der Waals surface area contributed by atoms with Gasteiger partial charge in [-0.05, 0) is 38.2 Å². The van der Waals surface area contributed by atoms with Crippen LogP contribution in [-0.4, -0.2) is 51.6 Å². The molecule has 0 aliphatic carbocycles. The topological polar surface area (TPSA) is 95.0 Å². The van der Waals surface area contributed by atoms with Crippen molar-refractivity contribution < 1.29 is 24.3 Å². The fraction of sp³-hybridized carbons (Fsp3) is 0.444. The Labute approximate surface area is 146 Å². The van der Waals surface area contributed by atoms with Gasteiger partial charge >= 0.3 is 0 Å². The van der Waals surface area contributed by atoms with Crippen LogP contribution in [0.2, 0.25) is 0 Å². The fourth-order valence-electron chi connectivity index (χ4n) is 2.88. The summed E-state index contributed by atoms with van der Waals surface area (Å²) in [4.78, 5) is 49.1. The molecule has 1 atom stereocenters. The fourth-order valence-corrected chi connectivity index (χ4v) is 2.88. The van der Waals surface area contributed by atoms with Crippen LogP contribution >= 0.6 is 0 Å². The molecule has 25 heavy (non-hydrogen) atoms. The van der Waals surface area contributed by atoms with E-state index in [-0.39, 0.29) is 42.6 Å². The molecule has 0 aromatic carbocycles. The van der Waals surface area contributed by atoms with Crippen LogP contribution < -0.4 is 0 Å². The van der Waals surface area contributed by atoms with E-state index in [0.29, 0.717) is 31.4 Å². The number of hydrogen-bond acceptors (Lipinski definition) is 5. The number of rotatable bonds is 9. The summed E-state index contributed by atoms with van der Waals surface area (Å²) in [6.45, 7) is 2.23. The lowest BCUT2D eigenvalue weighted by molar-refractivity contribution is -0.140. The first-order valence-corrected chi connectivity index (χ1v) is 8.33. The van der Waals surface area contributed by atoms with Gasteiger partial charge in [0.15, 0.2) is 0 Å². The van der Waals surface area contributed by atoms with Gasteiger partial charge in [0.2, 0.25) is 0 Å². The molecular formula is C18H22N2O5. The average Bonchev–Trinajstić information content (AvgIpc) is 3.08. The zero-order valence-electron chi connectivity index (χ0n) is 14.2. The summed E-state index contributed by atoms with van der Waals surface area (Å²) in [6.07, 6.45) is 8.93. The second kappa shape index (κ2) is 8.41. The largest absolute Gasteiger partial charge is 0.513 e. The molecule has 0 saturated carbocycles. The van der Waals surface area contributed by atoms with E-state index in [9.17, 15) is 24.3 Å². The lowest BCUT2D eigenvalue weighted by Gasteiger charge is -2.24. The number of hydrogen-bond donors (Lipinski definition) is 1. The molecule has 0 aromatic rings. The zero-order chi connectivity index (χ0) is 18.4. The number of imide groups is 2. The summed E-state index contributed by atoms with van der Waals surface area (Å²) >= 11 is 0. The Bertz CT molecular complexity index is 626. The molecule has 7 nitrogen and oxygen atoms in total. The predicted molar refractivity (Wildman–Crippen MR) is 90.1 cm³/mol. The van der Waals surface area contributed by atoms with E-state index in [4.69, 9.17) is 0 Å². The Kier molecular flexibility index (Phi) is 6.27. The smallest absolute Gasteiger partial charge is 0.253 e. The molecule has 0 saturated heterocycles. The van der Waals surface area contributed by atoms with E-state index in [1.807, 2.05) is 0 Å². The molecule has 7 heteroatoms. The molecule has 0 radical (unpaired) electrons. The van der Waals surface area contributed by atoms with Gasteiger partial charge in [0.05, 0.1) is 5.76 Å². The maximum atomic E-state index is 11.8. The van der Waals surface area contributed by atoms with Gasteiger partial charge in [0.25, 0.3) is 23.6 Å². The summed E-state index contributed by atoms with van der Waals surface area (Å²) in [5.41, 5.74) is 0. The van der Waals surface area contributed by atoms with Gasteiger partial charge in [0.1, 0.15) is 0 Å². The monoisotopic (exact) mass is 346 g/mol. The van der Waals surface area contributed by atoms with Crippen molar-refractivity contribution in [3.8, 4) is 0 Å². The highest BCUT2D eigenvalue weighted by Gasteiger charge is 2.28. The minimum absolute atomic E-state index is 0.0568. The Morgan fingerprint density at radius 1 is 0.960 bits per heavy atom. The molecule has 2 heterocycles. The average molecular weight is 346 g/mol. The molecule has 4 amide bonds. The molecule has 1 N–H and O–H groups in total. The van der Waals surface area contributed by atoms with Crippen LogP contribution in [0.3, 0.4) is 0 Å². The summed E-state index contributed by atoms with van der Waals surface area (Å²) in [5, 5.41) is 9.54. The lowest BCUT2D eigenvalue weighted by Crippen LogP contribution is -2.37. The first-order chi connectivity index (χ1) is 11.9. The van der Waals surface area contributed by atoms with Gasteiger partial charge in [0, 0.05) is 43.8 Å². The highest BCUT2D eigenvalue weighted by molar-refractivity contribution is 6.13. The number of allylic oxidation sites excluding steroid dienone is 2. The van der Waals surface area contributed by atoms with Crippen molar-refractivity contribution in [2.45, 2.75) is 32.6 Å². The summed E-state index contributed by atoms with van der Waals surface area (Å²) in [6, 6.07) is 0. The predicted octanol–water partition coefficient (Wildman–Crippen LogP) is 1.47. The second-order valence-corrected chi connectivity index (χ2v) is 6.11. The number of nitrogens with zero attached hydrogens (tertiary/aromatic N) is 2.